The average Bonchev–Trinajstić information content (AvgIpc) is 3.04. The lowest BCUT2D eigenvalue weighted by atomic mass is 10.1. The van der Waals surface area contributed by atoms with Crippen LogP contribution in [0.4, 0.5) is 4.39 Å². The van der Waals surface area contributed by atoms with Crippen LogP contribution in [0.2, 0.25) is 0 Å². The molecular weight excluding hydrogens is 321 g/mol. The molecule has 25 heavy (non-hydrogen) atoms. The van der Waals surface area contributed by atoms with Gasteiger partial charge in [0.15, 0.2) is 0 Å². The molecule has 1 amide bonds. The van der Waals surface area contributed by atoms with Crippen LogP contribution in [0, 0.1) is 5.82 Å². The van der Waals surface area contributed by atoms with Crippen LogP contribution in [-0.2, 0) is 17.8 Å². The summed E-state index contributed by atoms with van der Waals surface area (Å²) in [6, 6.07) is 10.3. The number of nitrogens with one attached hydrogen (secondary N) is 1. The second-order valence-electron chi connectivity index (χ2n) is 6.27. The van der Waals surface area contributed by atoms with Gasteiger partial charge >= 0.3 is 0 Å². The maximum atomic E-state index is 13.6. The standard InChI is InChI=1S/C19H22FN3O2/c1-25-19-7-6-14(11-21-19)12-23-9-8-16(13-23)22-18(24)10-15-4-2-3-5-17(15)20/h2-7,11,16H,8-10,12-13H2,1H3,(H,22,24)/t16-/m1/s1. The SMILES string of the molecule is COc1ccc(CN2CC[C@@H](NC(=O)Cc3ccccc3F)C2)cn1. The summed E-state index contributed by atoms with van der Waals surface area (Å²) in [6.07, 6.45) is 2.78. The predicted molar refractivity (Wildman–Crippen MR) is 92.7 cm³/mol. The summed E-state index contributed by atoms with van der Waals surface area (Å²) in [4.78, 5) is 18.6. The molecule has 132 valence electrons. The van der Waals surface area contributed by atoms with Gasteiger partial charge in [-0.3, -0.25) is 9.69 Å². The lowest BCUT2D eigenvalue weighted by Crippen LogP contribution is -2.37. The van der Waals surface area contributed by atoms with E-state index in [1.165, 1.54) is 6.07 Å². The van der Waals surface area contributed by atoms with Gasteiger partial charge in [0.05, 0.1) is 13.5 Å². The maximum Gasteiger partial charge on any atom is 0.224 e. The van der Waals surface area contributed by atoms with E-state index < -0.39 is 0 Å². The number of carbonyl (C=O) groups is 1. The molecule has 6 heteroatoms. The van der Waals surface area contributed by atoms with Crippen molar-refractivity contribution in [1.82, 2.24) is 15.2 Å². The molecule has 0 aliphatic carbocycles. The fourth-order valence-corrected chi connectivity index (χ4v) is 3.07. The lowest BCUT2D eigenvalue weighted by molar-refractivity contribution is -0.121. The van der Waals surface area contributed by atoms with Crippen molar-refractivity contribution in [2.45, 2.75) is 25.4 Å². The van der Waals surface area contributed by atoms with Crippen molar-refractivity contribution in [2.75, 3.05) is 20.2 Å². The average molecular weight is 343 g/mol. The maximum absolute atomic E-state index is 13.6. The van der Waals surface area contributed by atoms with Crippen molar-refractivity contribution in [2.24, 2.45) is 0 Å². The van der Waals surface area contributed by atoms with Gasteiger partial charge in [0.1, 0.15) is 5.82 Å². The van der Waals surface area contributed by atoms with Gasteiger partial charge in [-0.05, 0) is 23.6 Å². The smallest absolute Gasteiger partial charge is 0.224 e. The van der Waals surface area contributed by atoms with Crippen LogP contribution >= 0.6 is 0 Å². The molecule has 5 nitrogen and oxygen atoms in total. The molecule has 0 unspecified atom stereocenters. The van der Waals surface area contributed by atoms with Gasteiger partial charge in [-0.1, -0.05) is 24.3 Å². The Hall–Kier alpha value is -2.47. The van der Waals surface area contributed by atoms with Crippen molar-refractivity contribution in [1.29, 1.82) is 0 Å². The molecule has 1 N–H and O–H groups in total. The lowest BCUT2D eigenvalue weighted by Gasteiger charge is -2.17. The fourth-order valence-electron chi connectivity index (χ4n) is 3.07. The molecule has 1 fully saturated rings. The van der Waals surface area contributed by atoms with Gasteiger partial charge in [0, 0.05) is 37.9 Å². The van der Waals surface area contributed by atoms with E-state index in [0.717, 1.165) is 31.6 Å². The molecular formula is C19H22FN3O2. The molecule has 1 aromatic heterocycles. The molecule has 2 heterocycles. The third-order valence-corrected chi connectivity index (χ3v) is 4.36. The minimum Gasteiger partial charge on any atom is -0.481 e. The number of benzene rings is 1. The number of methoxy groups -OCH3 is 1. The molecule has 1 aromatic carbocycles. The van der Waals surface area contributed by atoms with E-state index >= 15 is 0 Å². The first kappa shape index (κ1) is 17.4. The molecule has 1 aliphatic rings. The van der Waals surface area contributed by atoms with E-state index in [-0.39, 0.29) is 24.2 Å². The largest absolute Gasteiger partial charge is 0.481 e. The monoisotopic (exact) mass is 343 g/mol. The Morgan fingerprint density at radius 2 is 2.20 bits per heavy atom. The van der Waals surface area contributed by atoms with Gasteiger partial charge in [0.25, 0.3) is 0 Å². The molecule has 2 aromatic rings. The van der Waals surface area contributed by atoms with E-state index in [0.29, 0.717) is 11.4 Å². The molecule has 1 saturated heterocycles. The summed E-state index contributed by atoms with van der Waals surface area (Å²) in [7, 11) is 1.59. The zero-order valence-electron chi connectivity index (χ0n) is 14.2. The summed E-state index contributed by atoms with van der Waals surface area (Å²) >= 11 is 0. The van der Waals surface area contributed by atoms with Crippen molar-refractivity contribution in [3.05, 3.63) is 59.5 Å². The number of carbonyl (C=O) groups excluding carboxylic acids is 1. The van der Waals surface area contributed by atoms with E-state index in [9.17, 15) is 9.18 Å². The molecule has 1 aliphatic heterocycles. The normalized spacial score (nSPS) is 17.4. The van der Waals surface area contributed by atoms with Crippen molar-refractivity contribution in [3.63, 3.8) is 0 Å². The number of pyridine rings is 1. The molecule has 1 atom stereocenters. The number of aromatic nitrogens is 1. The van der Waals surface area contributed by atoms with E-state index in [2.05, 4.69) is 15.2 Å². The van der Waals surface area contributed by atoms with Gasteiger partial charge in [-0.15, -0.1) is 0 Å². The van der Waals surface area contributed by atoms with Crippen molar-refractivity contribution < 1.29 is 13.9 Å². The van der Waals surface area contributed by atoms with Crippen LogP contribution in [-0.4, -0.2) is 42.0 Å². The molecule has 0 spiro atoms. The number of amides is 1. The van der Waals surface area contributed by atoms with E-state index in [1.807, 2.05) is 18.3 Å². The minimum atomic E-state index is -0.335. The highest BCUT2D eigenvalue weighted by molar-refractivity contribution is 5.79. The molecule has 0 saturated carbocycles. The van der Waals surface area contributed by atoms with E-state index in [4.69, 9.17) is 4.74 Å². The van der Waals surface area contributed by atoms with Gasteiger partial charge in [-0.25, -0.2) is 9.37 Å². The summed E-state index contributed by atoms with van der Waals surface area (Å²) in [5.74, 6) is 0.129. The van der Waals surface area contributed by atoms with Gasteiger partial charge in [-0.2, -0.15) is 0 Å². The highest BCUT2D eigenvalue weighted by atomic mass is 19.1. The van der Waals surface area contributed by atoms with Crippen LogP contribution in [0.1, 0.15) is 17.5 Å². The zero-order chi connectivity index (χ0) is 17.6. The Labute approximate surface area is 146 Å². The number of nitrogens with zero attached hydrogens (tertiary/aromatic N) is 2. The predicted octanol–water partition coefficient (Wildman–Crippen LogP) is 2.16. The fraction of sp³-hybridized carbons (Fsp3) is 0.368. The van der Waals surface area contributed by atoms with Crippen LogP contribution < -0.4 is 10.1 Å². The highest BCUT2D eigenvalue weighted by Gasteiger charge is 2.24. The minimum absolute atomic E-state index is 0.0750. The first-order valence-electron chi connectivity index (χ1n) is 8.38. The Balaban J connectivity index is 1.47. The summed E-state index contributed by atoms with van der Waals surface area (Å²) in [5.41, 5.74) is 1.54. The Morgan fingerprint density at radius 1 is 1.36 bits per heavy atom. The third kappa shape index (κ3) is 4.76. The van der Waals surface area contributed by atoms with Gasteiger partial charge < -0.3 is 10.1 Å². The van der Waals surface area contributed by atoms with E-state index in [1.54, 1.807) is 25.3 Å². The zero-order valence-corrected chi connectivity index (χ0v) is 14.2. The summed E-state index contributed by atoms with van der Waals surface area (Å²) in [6.45, 7) is 2.49. The van der Waals surface area contributed by atoms with Gasteiger partial charge in [0.2, 0.25) is 11.8 Å². The quantitative estimate of drug-likeness (QED) is 0.873. The van der Waals surface area contributed by atoms with Crippen LogP contribution in [0.5, 0.6) is 5.88 Å². The topological polar surface area (TPSA) is 54.5 Å². The van der Waals surface area contributed by atoms with Crippen LogP contribution in [0.15, 0.2) is 42.6 Å². The number of ether oxygens (including phenoxy) is 1. The summed E-state index contributed by atoms with van der Waals surface area (Å²) in [5, 5.41) is 3.01. The Bertz CT molecular complexity index is 721. The Morgan fingerprint density at radius 3 is 2.92 bits per heavy atom. The number of likely N-dealkylation sites (tertiary alicyclic amines) is 1. The number of rotatable bonds is 6. The number of hydrogen-bond donors (Lipinski definition) is 1. The highest BCUT2D eigenvalue weighted by Crippen LogP contribution is 2.15. The molecule has 0 bridgehead atoms. The van der Waals surface area contributed by atoms with Crippen molar-refractivity contribution in [3.8, 4) is 5.88 Å². The second kappa shape index (κ2) is 8.07. The molecule has 3 rings (SSSR count). The summed E-state index contributed by atoms with van der Waals surface area (Å²) < 4.78 is 18.7. The first-order chi connectivity index (χ1) is 12.1. The Kier molecular flexibility index (Phi) is 5.60. The number of hydrogen-bond acceptors (Lipinski definition) is 4. The van der Waals surface area contributed by atoms with Crippen molar-refractivity contribution >= 4 is 5.91 Å². The molecule has 0 radical (unpaired) electrons. The van der Waals surface area contributed by atoms with Crippen LogP contribution in [0.25, 0.3) is 0 Å². The third-order valence-electron chi connectivity index (χ3n) is 4.36. The second-order valence-corrected chi connectivity index (χ2v) is 6.27. The first-order valence-corrected chi connectivity index (χ1v) is 8.38. The number of halogens is 1. The van der Waals surface area contributed by atoms with Crippen LogP contribution in [0.3, 0.4) is 0 Å².